The smallest absolute Gasteiger partial charge is 0.230 e. The number of fused-ring (bicyclic) bond motifs is 2. The van der Waals surface area contributed by atoms with E-state index in [1.54, 1.807) is 60.9 Å². The lowest BCUT2D eigenvalue weighted by atomic mass is 10.1. The van der Waals surface area contributed by atoms with Crippen molar-refractivity contribution >= 4 is 66.8 Å². The SMILES string of the molecule is O=C(Cc1coc2ccc(Cl)cc12)Nc1c(C(=O)c2ccc(Br)cc2)oc2ccccc12. The molecule has 0 aliphatic carbocycles. The highest BCUT2D eigenvalue weighted by Gasteiger charge is 2.24. The number of ketones is 1. The summed E-state index contributed by atoms with van der Waals surface area (Å²) in [6.45, 7) is 0. The number of furan rings is 2. The first kappa shape index (κ1) is 20.5. The van der Waals surface area contributed by atoms with Crippen LogP contribution >= 0.6 is 27.5 Å². The highest BCUT2D eigenvalue weighted by Crippen LogP contribution is 2.33. The van der Waals surface area contributed by atoms with Gasteiger partial charge in [-0.05, 0) is 54.6 Å². The van der Waals surface area contributed by atoms with E-state index in [0.717, 1.165) is 9.86 Å². The number of carbonyl (C=O) groups excluding carboxylic acids is 2. The lowest BCUT2D eigenvalue weighted by molar-refractivity contribution is -0.115. The van der Waals surface area contributed by atoms with Crippen molar-refractivity contribution in [1.82, 2.24) is 0 Å². The van der Waals surface area contributed by atoms with Crippen LogP contribution in [0.15, 0.2) is 86.3 Å². The summed E-state index contributed by atoms with van der Waals surface area (Å²) in [4.78, 5) is 26.1. The number of amides is 1. The number of carbonyl (C=O) groups is 2. The molecule has 2 heterocycles. The van der Waals surface area contributed by atoms with E-state index in [9.17, 15) is 9.59 Å². The molecule has 158 valence electrons. The summed E-state index contributed by atoms with van der Waals surface area (Å²) in [5.41, 5.74) is 2.68. The Hall–Kier alpha value is -3.35. The molecule has 5 rings (SSSR count). The third-order valence-corrected chi connectivity index (χ3v) is 5.90. The maximum atomic E-state index is 13.2. The van der Waals surface area contributed by atoms with E-state index in [1.807, 2.05) is 12.1 Å². The van der Waals surface area contributed by atoms with Gasteiger partial charge in [0.1, 0.15) is 11.2 Å². The van der Waals surface area contributed by atoms with Crippen molar-refractivity contribution in [3.63, 3.8) is 0 Å². The lowest BCUT2D eigenvalue weighted by Gasteiger charge is -2.06. The number of hydrogen-bond donors (Lipinski definition) is 1. The maximum absolute atomic E-state index is 13.2. The van der Waals surface area contributed by atoms with E-state index < -0.39 is 0 Å². The van der Waals surface area contributed by atoms with Gasteiger partial charge >= 0.3 is 0 Å². The molecule has 0 aliphatic heterocycles. The van der Waals surface area contributed by atoms with Crippen molar-refractivity contribution < 1.29 is 18.4 Å². The van der Waals surface area contributed by atoms with E-state index in [0.29, 0.717) is 38.4 Å². The van der Waals surface area contributed by atoms with Gasteiger partial charge in [-0.15, -0.1) is 0 Å². The summed E-state index contributed by atoms with van der Waals surface area (Å²) in [7, 11) is 0. The normalized spacial score (nSPS) is 11.2. The molecule has 5 aromatic rings. The summed E-state index contributed by atoms with van der Waals surface area (Å²) in [6, 6.07) is 19.4. The molecule has 0 atom stereocenters. The van der Waals surface area contributed by atoms with Gasteiger partial charge in [0, 0.05) is 31.4 Å². The molecule has 7 heteroatoms. The van der Waals surface area contributed by atoms with Gasteiger partial charge in [-0.3, -0.25) is 9.59 Å². The molecule has 0 radical (unpaired) electrons. The Balaban J connectivity index is 1.49. The second-order valence-corrected chi connectivity index (χ2v) is 8.62. The van der Waals surface area contributed by atoms with Crippen LogP contribution in [0, 0.1) is 0 Å². The second kappa shape index (κ2) is 8.30. The third kappa shape index (κ3) is 3.83. The largest absolute Gasteiger partial charge is 0.464 e. The molecule has 0 saturated heterocycles. The van der Waals surface area contributed by atoms with Crippen LogP contribution in [0.2, 0.25) is 5.02 Å². The Bertz CT molecular complexity index is 1480. The summed E-state index contributed by atoms with van der Waals surface area (Å²) in [5, 5.41) is 4.86. The highest BCUT2D eigenvalue weighted by atomic mass is 79.9. The minimum atomic E-state index is -0.315. The molecule has 0 fully saturated rings. The van der Waals surface area contributed by atoms with Gasteiger partial charge in [0.15, 0.2) is 5.76 Å². The van der Waals surface area contributed by atoms with Crippen LogP contribution in [-0.2, 0) is 11.2 Å². The monoisotopic (exact) mass is 507 g/mol. The molecule has 1 N–H and O–H groups in total. The van der Waals surface area contributed by atoms with Gasteiger partial charge in [-0.2, -0.15) is 0 Å². The molecular formula is C25H15BrClNO4. The molecule has 32 heavy (non-hydrogen) atoms. The van der Waals surface area contributed by atoms with Gasteiger partial charge in [0.2, 0.25) is 11.7 Å². The molecule has 0 unspecified atom stereocenters. The number of rotatable bonds is 5. The zero-order valence-electron chi connectivity index (χ0n) is 16.5. The number of halogens is 2. The van der Waals surface area contributed by atoms with Crippen LogP contribution in [-0.4, -0.2) is 11.7 Å². The Labute approximate surface area is 196 Å². The minimum absolute atomic E-state index is 0.0543. The maximum Gasteiger partial charge on any atom is 0.230 e. The fourth-order valence-electron chi connectivity index (χ4n) is 3.61. The average Bonchev–Trinajstić information content (AvgIpc) is 3.35. The molecular weight excluding hydrogens is 494 g/mol. The molecule has 0 bridgehead atoms. The average molecular weight is 509 g/mol. The fraction of sp³-hybridized carbons (Fsp3) is 0.0400. The predicted molar refractivity (Wildman–Crippen MR) is 127 cm³/mol. The minimum Gasteiger partial charge on any atom is -0.464 e. The van der Waals surface area contributed by atoms with Gasteiger partial charge in [0.05, 0.1) is 18.4 Å². The van der Waals surface area contributed by atoms with Crippen LogP contribution in [0.1, 0.15) is 21.7 Å². The van der Waals surface area contributed by atoms with Crippen LogP contribution in [0.3, 0.4) is 0 Å². The summed E-state index contributed by atoms with van der Waals surface area (Å²) in [5.74, 6) is -0.532. The number of para-hydroxylation sites is 1. The summed E-state index contributed by atoms with van der Waals surface area (Å²) in [6.07, 6.45) is 1.60. The molecule has 0 aliphatic rings. The predicted octanol–water partition coefficient (Wildman–Crippen LogP) is 7.01. The second-order valence-electron chi connectivity index (χ2n) is 7.26. The molecule has 0 saturated carbocycles. The van der Waals surface area contributed by atoms with Crippen molar-refractivity contribution in [2.75, 3.05) is 5.32 Å². The Morgan fingerprint density at radius 3 is 2.53 bits per heavy atom. The van der Waals surface area contributed by atoms with Crippen LogP contribution in [0.4, 0.5) is 5.69 Å². The first-order valence-electron chi connectivity index (χ1n) is 9.77. The number of hydrogen-bond acceptors (Lipinski definition) is 4. The van der Waals surface area contributed by atoms with Crippen LogP contribution in [0.5, 0.6) is 0 Å². The van der Waals surface area contributed by atoms with Crippen LogP contribution < -0.4 is 5.32 Å². The van der Waals surface area contributed by atoms with Gasteiger partial charge in [0.25, 0.3) is 0 Å². The van der Waals surface area contributed by atoms with Crippen molar-refractivity contribution in [2.24, 2.45) is 0 Å². The van der Waals surface area contributed by atoms with Crippen molar-refractivity contribution in [1.29, 1.82) is 0 Å². The van der Waals surface area contributed by atoms with Gasteiger partial charge in [-0.1, -0.05) is 39.7 Å². The fourth-order valence-corrected chi connectivity index (χ4v) is 4.05. The molecule has 2 aromatic heterocycles. The van der Waals surface area contributed by atoms with Crippen molar-refractivity contribution in [3.05, 3.63) is 99.4 Å². The van der Waals surface area contributed by atoms with E-state index in [-0.39, 0.29) is 23.9 Å². The quantitative estimate of drug-likeness (QED) is 0.259. The van der Waals surface area contributed by atoms with E-state index in [1.165, 1.54) is 0 Å². The Kier molecular flexibility index (Phi) is 5.33. The zero-order chi connectivity index (χ0) is 22.2. The van der Waals surface area contributed by atoms with Gasteiger partial charge in [-0.25, -0.2) is 0 Å². The van der Waals surface area contributed by atoms with Crippen molar-refractivity contribution in [3.8, 4) is 0 Å². The summed E-state index contributed by atoms with van der Waals surface area (Å²) < 4.78 is 12.2. The standard InChI is InChI=1S/C25H15BrClNO4/c26-16-7-5-14(6-8-16)24(30)25-23(18-3-1-2-4-21(18)32-25)28-22(29)11-15-13-31-20-10-9-17(27)12-19(15)20/h1-10,12-13H,11H2,(H,28,29). The van der Waals surface area contributed by atoms with Gasteiger partial charge < -0.3 is 14.2 Å². The van der Waals surface area contributed by atoms with E-state index in [2.05, 4.69) is 21.2 Å². The lowest BCUT2D eigenvalue weighted by Crippen LogP contribution is -2.16. The van der Waals surface area contributed by atoms with E-state index in [4.69, 9.17) is 20.4 Å². The molecule has 0 spiro atoms. The van der Waals surface area contributed by atoms with E-state index >= 15 is 0 Å². The Morgan fingerprint density at radius 1 is 0.938 bits per heavy atom. The Morgan fingerprint density at radius 2 is 1.72 bits per heavy atom. The third-order valence-electron chi connectivity index (χ3n) is 5.14. The van der Waals surface area contributed by atoms with Crippen LogP contribution in [0.25, 0.3) is 21.9 Å². The number of benzene rings is 3. The van der Waals surface area contributed by atoms with Crippen molar-refractivity contribution in [2.45, 2.75) is 6.42 Å². The molecule has 3 aromatic carbocycles. The molecule has 5 nitrogen and oxygen atoms in total. The number of anilines is 1. The topological polar surface area (TPSA) is 72.5 Å². The first-order chi connectivity index (χ1) is 15.5. The highest BCUT2D eigenvalue weighted by molar-refractivity contribution is 9.10. The number of nitrogens with one attached hydrogen (secondary N) is 1. The first-order valence-corrected chi connectivity index (χ1v) is 10.9. The summed E-state index contributed by atoms with van der Waals surface area (Å²) >= 11 is 9.46. The zero-order valence-corrected chi connectivity index (χ0v) is 18.9. The molecule has 1 amide bonds.